The maximum atomic E-state index is 14.6. The van der Waals surface area contributed by atoms with E-state index < -0.39 is 126 Å². The monoisotopic (exact) mass is 1100 g/mol. The van der Waals surface area contributed by atoms with Crippen LogP contribution in [0.3, 0.4) is 0 Å². The molecular weight excluding hydrogens is 1030 g/mol. The molecule has 26 nitrogen and oxygen atoms in total. The first-order valence-electron chi connectivity index (χ1n) is 25.1. The SMILES string of the molecule is CC(=O)N[C@@H](CCCN=C(N)N)C(=O)NC1CCC(=O)NCCC[C@@H](C(N)=O)NC(=O)[C@H](Cc2c[nH]c3ccccc23)NC(=O)[C@H](CCCN=C(N)N)NC(=O)[C@@H](Cc2cccc(C(F)(F)F)c2)NC(=O)[C@H](CCN)NC1=O. The number of aromatic nitrogens is 1. The van der Waals surface area contributed by atoms with Gasteiger partial charge < -0.3 is 81.9 Å². The first-order valence-corrected chi connectivity index (χ1v) is 25.1. The Morgan fingerprint density at radius 3 is 1.97 bits per heavy atom. The van der Waals surface area contributed by atoms with Gasteiger partial charge in [0.25, 0.3) is 0 Å². The Kier molecular flexibility index (Phi) is 24.1. The first kappa shape index (κ1) is 62.0. The molecule has 9 amide bonds. The number of nitrogens with one attached hydrogen (secondary N) is 9. The highest BCUT2D eigenvalue weighted by molar-refractivity contribution is 5.98. The van der Waals surface area contributed by atoms with Crippen LogP contribution in [0.2, 0.25) is 0 Å². The van der Waals surface area contributed by atoms with Gasteiger partial charge in [0.1, 0.15) is 42.3 Å². The zero-order chi connectivity index (χ0) is 57.5. The Labute approximate surface area is 446 Å². The average molecular weight is 1100 g/mol. The highest BCUT2D eigenvalue weighted by Gasteiger charge is 2.36. The van der Waals surface area contributed by atoms with E-state index in [-0.39, 0.29) is 95.0 Å². The van der Waals surface area contributed by atoms with Crippen molar-refractivity contribution in [2.45, 2.75) is 126 Å². The summed E-state index contributed by atoms with van der Waals surface area (Å²) in [6.07, 6.45) is -5.15. The van der Waals surface area contributed by atoms with Gasteiger partial charge in [-0.25, -0.2) is 0 Å². The van der Waals surface area contributed by atoms with Gasteiger partial charge in [0.15, 0.2) is 11.9 Å². The topological polar surface area (TPSA) is 446 Å². The third-order valence-corrected chi connectivity index (χ3v) is 12.3. The number of carbonyl (C=O) groups excluding carboxylic acids is 9. The van der Waals surface area contributed by atoms with Gasteiger partial charge in [-0.05, 0) is 81.2 Å². The van der Waals surface area contributed by atoms with Gasteiger partial charge >= 0.3 is 6.18 Å². The number of aromatic amines is 1. The minimum atomic E-state index is -4.82. The fourth-order valence-corrected chi connectivity index (χ4v) is 8.36. The van der Waals surface area contributed by atoms with Crippen LogP contribution in [0.1, 0.15) is 81.4 Å². The van der Waals surface area contributed by atoms with Crippen LogP contribution in [0.4, 0.5) is 13.2 Å². The summed E-state index contributed by atoms with van der Waals surface area (Å²) in [5.41, 5.74) is 33.6. The minimum absolute atomic E-state index is 0.0131. The smallest absolute Gasteiger partial charge is 0.370 e. The van der Waals surface area contributed by atoms with Crippen molar-refractivity contribution in [3.63, 3.8) is 0 Å². The molecule has 1 fully saturated rings. The lowest BCUT2D eigenvalue weighted by molar-refractivity contribution is -0.137. The summed E-state index contributed by atoms with van der Waals surface area (Å²) in [6, 6.07) is 0.443. The molecule has 2 heterocycles. The van der Waals surface area contributed by atoms with E-state index >= 15 is 0 Å². The number of nitrogens with zero attached hydrogens (tertiary/aromatic N) is 2. The number of para-hydroxylation sites is 1. The molecule has 1 unspecified atom stereocenters. The average Bonchev–Trinajstić information content (AvgIpc) is 3.79. The zero-order valence-electron chi connectivity index (χ0n) is 43.0. The van der Waals surface area contributed by atoms with Crippen LogP contribution in [0, 0.1) is 0 Å². The normalized spacial score (nSPS) is 21.0. The number of aliphatic imine (C=N–C) groups is 2. The number of hydrogen-bond acceptors (Lipinski definition) is 12. The van der Waals surface area contributed by atoms with Crippen LogP contribution in [-0.2, 0) is 62.2 Å². The fraction of sp³-hybridized carbons (Fsp3) is 0.490. The van der Waals surface area contributed by atoms with E-state index in [1.807, 2.05) is 0 Å². The van der Waals surface area contributed by atoms with E-state index in [0.29, 0.717) is 16.5 Å². The number of guanidine groups is 2. The molecular formula is C49H70F3N17O9. The summed E-state index contributed by atoms with van der Waals surface area (Å²) in [5, 5.41) is 21.1. The Hall–Kier alpha value is -8.50. The number of nitrogens with two attached hydrogens (primary N) is 6. The number of alkyl halides is 3. The molecule has 0 saturated carbocycles. The van der Waals surface area contributed by atoms with Crippen molar-refractivity contribution in [1.29, 1.82) is 0 Å². The molecule has 426 valence electrons. The molecule has 3 aromatic rings. The number of amides is 9. The lowest BCUT2D eigenvalue weighted by atomic mass is 10.0. The van der Waals surface area contributed by atoms with Crippen molar-refractivity contribution in [3.05, 3.63) is 71.4 Å². The maximum Gasteiger partial charge on any atom is 0.416 e. The van der Waals surface area contributed by atoms with E-state index in [2.05, 4.69) is 57.5 Å². The molecule has 1 aliphatic rings. The lowest BCUT2D eigenvalue weighted by Gasteiger charge is -2.28. The molecule has 1 aromatic heterocycles. The number of fused-ring (bicyclic) bond motifs is 1. The van der Waals surface area contributed by atoms with Crippen molar-refractivity contribution in [2.75, 3.05) is 26.2 Å². The second-order valence-electron chi connectivity index (χ2n) is 18.5. The highest BCUT2D eigenvalue weighted by atomic mass is 19.4. The third-order valence-electron chi connectivity index (χ3n) is 12.3. The number of carbonyl (C=O) groups is 9. The molecule has 21 N–H and O–H groups in total. The summed E-state index contributed by atoms with van der Waals surface area (Å²) >= 11 is 0. The van der Waals surface area contributed by atoms with Gasteiger partial charge in [-0.2, -0.15) is 13.2 Å². The highest BCUT2D eigenvalue weighted by Crippen LogP contribution is 2.30. The van der Waals surface area contributed by atoms with Crippen LogP contribution in [0.5, 0.6) is 0 Å². The number of primary amides is 1. The van der Waals surface area contributed by atoms with Gasteiger partial charge in [-0.3, -0.25) is 53.1 Å². The Bertz CT molecular complexity index is 2660. The summed E-state index contributed by atoms with van der Waals surface area (Å²) in [7, 11) is 0. The summed E-state index contributed by atoms with van der Waals surface area (Å²) in [6.45, 7) is 0.845. The number of benzene rings is 2. The molecule has 1 aliphatic heterocycles. The van der Waals surface area contributed by atoms with Gasteiger partial charge in [0.2, 0.25) is 53.2 Å². The van der Waals surface area contributed by atoms with Crippen molar-refractivity contribution in [2.24, 2.45) is 44.4 Å². The largest absolute Gasteiger partial charge is 0.416 e. The second-order valence-corrected chi connectivity index (χ2v) is 18.5. The van der Waals surface area contributed by atoms with Crippen LogP contribution < -0.4 is 76.9 Å². The maximum absolute atomic E-state index is 14.6. The predicted molar refractivity (Wildman–Crippen MR) is 281 cm³/mol. The number of hydrogen-bond donors (Lipinski definition) is 15. The van der Waals surface area contributed by atoms with E-state index in [9.17, 15) is 56.3 Å². The molecule has 1 saturated heterocycles. The Balaban J connectivity index is 1.81. The van der Waals surface area contributed by atoms with Crippen molar-refractivity contribution < 1.29 is 56.3 Å². The minimum Gasteiger partial charge on any atom is -0.370 e. The first-order chi connectivity index (χ1) is 36.9. The molecule has 0 aliphatic carbocycles. The molecule has 0 bridgehead atoms. The molecule has 2 aromatic carbocycles. The van der Waals surface area contributed by atoms with Crippen molar-refractivity contribution >= 4 is 76.0 Å². The van der Waals surface area contributed by atoms with Gasteiger partial charge in [0, 0.05) is 62.9 Å². The molecule has 0 radical (unpaired) electrons. The van der Waals surface area contributed by atoms with Gasteiger partial charge in [-0.15, -0.1) is 0 Å². The lowest BCUT2D eigenvalue weighted by Crippen LogP contribution is -2.60. The van der Waals surface area contributed by atoms with Crippen LogP contribution in [-0.4, -0.2) is 139 Å². The predicted octanol–water partition coefficient (Wildman–Crippen LogP) is -2.98. The van der Waals surface area contributed by atoms with E-state index in [1.54, 1.807) is 30.5 Å². The number of H-pyrrole nitrogens is 1. The van der Waals surface area contributed by atoms with Gasteiger partial charge in [0.05, 0.1) is 5.56 Å². The summed E-state index contributed by atoms with van der Waals surface area (Å²) in [5.74, 6) is -8.60. The van der Waals surface area contributed by atoms with E-state index in [0.717, 1.165) is 25.1 Å². The summed E-state index contributed by atoms with van der Waals surface area (Å²) < 4.78 is 42.0. The standard InChI is InChI=1S/C49H70F3N17O9/c1-26(70)63-33(13-6-20-60-47(55)56)41(73)66-35-15-16-39(71)59-19-5-12-32(40(54)72)64-46(78)38(24-28-25-62-31-11-3-2-10-30(28)31)69-42(74)34(14-7-21-61-48(57)58)65-45(77)37(68-44(76)36(17-18-53)67-43(35)75)23-27-8-4-9-29(22-27)49(50,51)52/h2-4,8-11,22,25,32-38,62H,5-7,12-21,23-24,53H2,1H3,(H2,54,72)(H,59,71)(H,63,70)(H,64,78)(H,65,77)(H,66,73)(H,67,75)(H,68,76)(H,69,74)(H4,55,56,60)(H4,57,58,61)/t32-,33-,34-,35?,36-,37+,38-/m0/s1. The van der Waals surface area contributed by atoms with Crippen molar-refractivity contribution in [3.8, 4) is 0 Å². The number of rotatable bonds is 18. The van der Waals surface area contributed by atoms with Gasteiger partial charge in [-0.1, -0.05) is 36.4 Å². The molecule has 4 rings (SSSR count). The molecule has 78 heavy (non-hydrogen) atoms. The van der Waals surface area contributed by atoms with Crippen molar-refractivity contribution in [1.82, 2.24) is 47.5 Å². The zero-order valence-corrected chi connectivity index (χ0v) is 43.0. The molecule has 7 atom stereocenters. The molecule has 29 heteroatoms. The van der Waals surface area contributed by atoms with E-state index in [1.165, 1.54) is 6.07 Å². The Morgan fingerprint density at radius 2 is 1.33 bits per heavy atom. The van der Waals surface area contributed by atoms with Crippen LogP contribution in [0.25, 0.3) is 10.9 Å². The fourth-order valence-electron chi connectivity index (χ4n) is 8.36. The quantitative estimate of drug-likeness (QED) is 0.0344. The summed E-state index contributed by atoms with van der Waals surface area (Å²) in [4.78, 5) is 135. The Morgan fingerprint density at radius 1 is 0.731 bits per heavy atom. The molecule has 0 spiro atoms. The third kappa shape index (κ3) is 20.6. The van der Waals surface area contributed by atoms with Crippen LogP contribution >= 0.6 is 0 Å². The number of halogens is 3. The van der Waals surface area contributed by atoms with Crippen LogP contribution in [0.15, 0.2) is 64.7 Å². The second kappa shape index (κ2) is 30.3. The van der Waals surface area contributed by atoms with E-state index in [4.69, 9.17) is 34.4 Å².